The lowest BCUT2D eigenvalue weighted by Crippen LogP contribution is -2.16. The summed E-state index contributed by atoms with van der Waals surface area (Å²) in [6.45, 7) is 0. The van der Waals surface area contributed by atoms with Crippen LogP contribution in [0, 0.1) is 0 Å². The summed E-state index contributed by atoms with van der Waals surface area (Å²) in [5, 5.41) is 9.67. The van der Waals surface area contributed by atoms with Gasteiger partial charge in [0.15, 0.2) is 0 Å². The number of fused-ring (bicyclic) bond motifs is 1. The van der Waals surface area contributed by atoms with Crippen LogP contribution >= 0.6 is 11.3 Å². The summed E-state index contributed by atoms with van der Waals surface area (Å²) >= 11 is 1.44. The van der Waals surface area contributed by atoms with Crippen molar-refractivity contribution in [2.45, 2.75) is 0 Å². The maximum atomic E-state index is 11.6. The minimum Gasteiger partial charge on any atom is -0.477 e. The number of H-pyrrole nitrogens is 1. The Hall–Kier alpha value is -2.40. The maximum Gasteiger partial charge on any atom is 0.341 e. The van der Waals surface area contributed by atoms with Crippen molar-refractivity contribution < 1.29 is 9.90 Å². The monoisotopic (exact) mass is 271 g/mol. The van der Waals surface area contributed by atoms with Crippen molar-refractivity contribution in [3.63, 3.8) is 0 Å². The van der Waals surface area contributed by atoms with Gasteiger partial charge >= 0.3 is 5.97 Å². The van der Waals surface area contributed by atoms with E-state index in [1.54, 1.807) is 0 Å². The molecule has 3 aromatic rings. The molecule has 94 valence electrons. The van der Waals surface area contributed by atoms with Gasteiger partial charge in [0, 0.05) is 10.3 Å². The van der Waals surface area contributed by atoms with E-state index in [0.29, 0.717) is 4.83 Å². The lowest BCUT2D eigenvalue weighted by molar-refractivity contribution is 0.0695. The van der Waals surface area contributed by atoms with Gasteiger partial charge in [-0.3, -0.25) is 4.79 Å². The fraction of sp³-hybridized carbons (Fsp3) is 0. The Morgan fingerprint density at radius 1 is 1.16 bits per heavy atom. The summed E-state index contributed by atoms with van der Waals surface area (Å²) in [6, 6.07) is 13.1. The van der Waals surface area contributed by atoms with Gasteiger partial charge in [-0.15, -0.1) is 11.3 Å². The highest BCUT2D eigenvalue weighted by molar-refractivity contribution is 7.21. The van der Waals surface area contributed by atoms with E-state index in [9.17, 15) is 9.59 Å². The number of benzene rings is 1. The number of carboxylic acid groups (broad SMARTS) is 1. The molecule has 3 rings (SSSR count). The first-order chi connectivity index (χ1) is 9.15. The fourth-order valence-electron chi connectivity index (χ4n) is 1.91. The van der Waals surface area contributed by atoms with Crippen molar-refractivity contribution in [3.8, 4) is 10.4 Å². The molecule has 0 atom stereocenters. The summed E-state index contributed by atoms with van der Waals surface area (Å²) in [6.07, 6.45) is 0. The summed E-state index contributed by atoms with van der Waals surface area (Å²) in [4.78, 5) is 26.8. The Morgan fingerprint density at radius 2 is 1.89 bits per heavy atom. The van der Waals surface area contributed by atoms with Crippen LogP contribution in [0.4, 0.5) is 0 Å². The molecule has 0 aliphatic rings. The van der Waals surface area contributed by atoms with E-state index in [1.807, 2.05) is 36.4 Å². The smallest absolute Gasteiger partial charge is 0.341 e. The predicted octanol–water partition coefficient (Wildman–Crippen LogP) is 2.95. The SMILES string of the molecule is O=C(O)c1cc2cc(-c3ccccc3)sc2[nH]c1=O. The van der Waals surface area contributed by atoms with E-state index in [0.717, 1.165) is 15.8 Å². The number of carbonyl (C=O) groups is 1. The molecule has 0 saturated carbocycles. The second kappa shape index (κ2) is 4.37. The van der Waals surface area contributed by atoms with E-state index in [1.165, 1.54) is 17.4 Å². The Labute approximate surface area is 112 Å². The van der Waals surface area contributed by atoms with Gasteiger partial charge < -0.3 is 10.1 Å². The highest BCUT2D eigenvalue weighted by Crippen LogP contribution is 2.31. The first kappa shape index (κ1) is 11.7. The van der Waals surface area contributed by atoms with Gasteiger partial charge in [-0.25, -0.2) is 4.79 Å². The lowest BCUT2D eigenvalue weighted by atomic mass is 10.1. The third-order valence-corrected chi connectivity index (χ3v) is 3.94. The molecule has 4 nitrogen and oxygen atoms in total. The van der Waals surface area contributed by atoms with Crippen LogP contribution in [0.15, 0.2) is 47.3 Å². The number of aromatic amines is 1. The van der Waals surface area contributed by atoms with E-state index in [4.69, 9.17) is 5.11 Å². The van der Waals surface area contributed by atoms with Crippen molar-refractivity contribution in [2.75, 3.05) is 0 Å². The summed E-state index contributed by atoms with van der Waals surface area (Å²) in [5.74, 6) is -1.21. The average Bonchev–Trinajstić information content (AvgIpc) is 2.81. The van der Waals surface area contributed by atoms with Gasteiger partial charge in [-0.05, 0) is 17.7 Å². The standard InChI is InChI=1S/C14H9NO3S/c16-12-10(14(17)18)6-9-7-11(19-13(9)15-12)8-4-2-1-3-5-8/h1-7H,(H,15,16)(H,17,18). The quantitative estimate of drug-likeness (QED) is 0.752. The first-order valence-electron chi connectivity index (χ1n) is 5.61. The molecule has 19 heavy (non-hydrogen) atoms. The van der Waals surface area contributed by atoms with Crippen LogP contribution in [0.3, 0.4) is 0 Å². The van der Waals surface area contributed by atoms with Crippen LogP contribution in [0.25, 0.3) is 20.7 Å². The molecule has 0 aliphatic carbocycles. The van der Waals surface area contributed by atoms with Crippen molar-refractivity contribution >= 4 is 27.5 Å². The number of carboxylic acids is 1. The summed E-state index contributed by atoms with van der Waals surface area (Å²) in [7, 11) is 0. The molecule has 5 heteroatoms. The maximum absolute atomic E-state index is 11.6. The third-order valence-electron chi connectivity index (χ3n) is 2.82. The van der Waals surface area contributed by atoms with Gasteiger partial charge in [0.2, 0.25) is 0 Å². The molecule has 1 aromatic carbocycles. The van der Waals surface area contributed by atoms with Crippen LogP contribution in [-0.4, -0.2) is 16.1 Å². The minimum atomic E-state index is -1.21. The second-order valence-electron chi connectivity index (χ2n) is 4.08. The highest BCUT2D eigenvalue weighted by atomic mass is 32.1. The van der Waals surface area contributed by atoms with Gasteiger partial charge in [0.25, 0.3) is 5.56 Å². The van der Waals surface area contributed by atoms with Crippen molar-refractivity contribution in [2.24, 2.45) is 0 Å². The van der Waals surface area contributed by atoms with Crippen molar-refractivity contribution in [1.29, 1.82) is 0 Å². The molecule has 0 fully saturated rings. The molecule has 0 aliphatic heterocycles. The van der Waals surface area contributed by atoms with Crippen LogP contribution in [0.2, 0.25) is 0 Å². The molecular weight excluding hydrogens is 262 g/mol. The molecule has 2 aromatic heterocycles. The Balaban J connectivity index is 2.22. The van der Waals surface area contributed by atoms with Crippen LogP contribution < -0.4 is 5.56 Å². The average molecular weight is 271 g/mol. The van der Waals surface area contributed by atoms with Gasteiger partial charge in [-0.1, -0.05) is 30.3 Å². The van der Waals surface area contributed by atoms with Crippen molar-refractivity contribution in [1.82, 2.24) is 4.98 Å². The van der Waals surface area contributed by atoms with Gasteiger partial charge in [-0.2, -0.15) is 0 Å². The normalized spacial score (nSPS) is 10.7. The zero-order valence-corrected chi connectivity index (χ0v) is 10.5. The first-order valence-corrected chi connectivity index (χ1v) is 6.42. The van der Waals surface area contributed by atoms with Crippen molar-refractivity contribution in [3.05, 3.63) is 58.4 Å². The Morgan fingerprint density at radius 3 is 2.58 bits per heavy atom. The number of nitrogens with one attached hydrogen (secondary N) is 1. The van der Waals surface area contributed by atoms with Gasteiger partial charge in [0.05, 0.1) is 0 Å². The number of aromatic carboxylic acids is 1. The minimum absolute atomic E-state index is 0.232. The number of hydrogen-bond acceptors (Lipinski definition) is 3. The zero-order chi connectivity index (χ0) is 13.4. The van der Waals surface area contributed by atoms with E-state index in [2.05, 4.69) is 4.98 Å². The number of hydrogen-bond donors (Lipinski definition) is 2. The molecule has 0 amide bonds. The molecule has 0 saturated heterocycles. The molecule has 0 spiro atoms. The van der Waals surface area contributed by atoms with Gasteiger partial charge in [0.1, 0.15) is 10.4 Å². The number of thiophene rings is 1. The molecule has 0 unspecified atom stereocenters. The number of aromatic nitrogens is 1. The molecule has 2 heterocycles. The Kier molecular flexibility index (Phi) is 2.68. The molecule has 0 bridgehead atoms. The predicted molar refractivity (Wildman–Crippen MR) is 74.8 cm³/mol. The van der Waals surface area contributed by atoms with E-state index >= 15 is 0 Å². The largest absolute Gasteiger partial charge is 0.477 e. The number of rotatable bonds is 2. The zero-order valence-electron chi connectivity index (χ0n) is 9.71. The van der Waals surface area contributed by atoms with Crippen LogP contribution in [0.1, 0.15) is 10.4 Å². The van der Waals surface area contributed by atoms with E-state index < -0.39 is 11.5 Å². The summed E-state index contributed by atoms with van der Waals surface area (Å²) in [5.41, 5.74) is 0.243. The van der Waals surface area contributed by atoms with Crippen LogP contribution in [0.5, 0.6) is 0 Å². The Bertz CT molecular complexity index is 818. The highest BCUT2D eigenvalue weighted by Gasteiger charge is 2.12. The summed E-state index contributed by atoms with van der Waals surface area (Å²) < 4.78 is 0. The topological polar surface area (TPSA) is 70.2 Å². The molecule has 2 N–H and O–H groups in total. The van der Waals surface area contributed by atoms with Crippen LogP contribution in [-0.2, 0) is 0 Å². The second-order valence-corrected chi connectivity index (χ2v) is 5.13. The molecular formula is C14H9NO3S. The van der Waals surface area contributed by atoms with E-state index in [-0.39, 0.29) is 5.56 Å². The third kappa shape index (κ3) is 2.04. The number of pyridine rings is 1. The molecule has 0 radical (unpaired) electrons. The lowest BCUT2D eigenvalue weighted by Gasteiger charge is -1.93. The fourth-order valence-corrected chi connectivity index (χ4v) is 2.94.